The number of rotatable bonds is 3. The van der Waals surface area contributed by atoms with Gasteiger partial charge in [0.2, 0.25) is 0 Å². The molecule has 0 radical (unpaired) electrons. The number of amides is 2. The summed E-state index contributed by atoms with van der Waals surface area (Å²) in [4.78, 5) is 23.6. The summed E-state index contributed by atoms with van der Waals surface area (Å²) in [7, 11) is 0. The van der Waals surface area contributed by atoms with Gasteiger partial charge in [0.05, 0.1) is 0 Å². The molecule has 1 aliphatic rings. The summed E-state index contributed by atoms with van der Waals surface area (Å²) in [6, 6.07) is 12.9. The summed E-state index contributed by atoms with van der Waals surface area (Å²) >= 11 is 2.15. The normalized spacial score (nSPS) is 12.5. The van der Waals surface area contributed by atoms with Gasteiger partial charge in [0, 0.05) is 21.4 Å². The first-order valence-corrected chi connectivity index (χ1v) is 7.79. The highest BCUT2D eigenvalue weighted by Gasteiger charge is 2.22. The van der Waals surface area contributed by atoms with E-state index < -0.39 is 6.09 Å². The van der Waals surface area contributed by atoms with E-state index in [9.17, 15) is 9.59 Å². The Hall–Kier alpha value is -2.09. The molecule has 0 aromatic heterocycles. The lowest BCUT2D eigenvalue weighted by Gasteiger charge is -2.09. The van der Waals surface area contributed by atoms with Crippen LogP contribution >= 0.6 is 22.6 Å². The molecule has 1 aliphatic heterocycles. The Kier molecular flexibility index (Phi) is 4.28. The minimum absolute atomic E-state index is 0.116. The molecule has 2 N–H and O–H groups in total. The first-order chi connectivity index (χ1) is 10.6. The number of ether oxygens (including phenoxy) is 1. The van der Waals surface area contributed by atoms with Crippen LogP contribution in [0.1, 0.15) is 21.5 Å². The summed E-state index contributed by atoms with van der Waals surface area (Å²) in [5.41, 5.74) is 3.04. The quantitative estimate of drug-likeness (QED) is 0.767. The minimum atomic E-state index is -0.544. The first-order valence-electron chi connectivity index (χ1n) is 6.72. The molecule has 0 fully saturated rings. The molecule has 6 heteroatoms. The third kappa shape index (κ3) is 3.22. The molecule has 0 aliphatic carbocycles. The second-order valence-corrected chi connectivity index (χ2v) is 6.02. The van der Waals surface area contributed by atoms with Gasteiger partial charge < -0.3 is 10.1 Å². The molecular weight excluding hydrogens is 395 g/mol. The van der Waals surface area contributed by atoms with E-state index in [1.165, 1.54) is 0 Å². The van der Waals surface area contributed by atoms with Gasteiger partial charge in [-0.25, -0.2) is 4.79 Å². The Morgan fingerprint density at radius 2 is 2.05 bits per heavy atom. The Balaban J connectivity index is 1.66. The van der Waals surface area contributed by atoms with E-state index >= 15 is 0 Å². The Labute approximate surface area is 141 Å². The molecule has 22 heavy (non-hydrogen) atoms. The molecule has 2 aromatic carbocycles. The molecule has 1 heterocycles. The summed E-state index contributed by atoms with van der Waals surface area (Å²) in [5, 5.41) is 5.42. The van der Waals surface area contributed by atoms with Crippen LogP contribution in [0.5, 0.6) is 0 Å². The van der Waals surface area contributed by atoms with Gasteiger partial charge in [-0.05, 0) is 45.9 Å². The van der Waals surface area contributed by atoms with Crippen LogP contribution in [-0.4, -0.2) is 12.0 Å². The highest BCUT2D eigenvalue weighted by atomic mass is 127. The highest BCUT2D eigenvalue weighted by Crippen LogP contribution is 2.26. The average Bonchev–Trinajstić information content (AvgIpc) is 2.88. The Morgan fingerprint density at radius 3 is 2.82 bits per heavy atom. The van der Waals surface area contributed by atoms with Crippen LogP contribution in [0.25, 0.3) is 0 Å². The van der Waals surface area contributed by atoms with Crippen LogP contribution in [0.15, 0.2) is 42.5 Å². The van der Waals surface area contributed by atoms with E-state index in [2.05, 4.69) is 33.2 Å². The number of carbonyl (C=O) groups excluding carboxylic acids is 2. The van der Waals surface area contributed by atoms with Crippen molar-refractivity contribution in [2.75, 3.05) is 5.32 Å². The van der Waals surface area contributed by atoms with Crippen molar-refractivity contribution in [3.05, 3.63) is 62.7 Å². The zero-order valence-corrected chi connectivity index (χ0v) is 13.7. The van der Waals surface area contributed by atoms with E-state index in [1.807, 2.05) is 36.4 Å². The molecule has 112 valence electrons. The first kappa shape index (κ1) is 14.8. The lowest BCUT2D eigenvalue weighted by atomic mass is 10.1. The number of carbonyl (C=O) groups is 2. The maximum Gasteiger partial charge on any atom is 0.411 e. The van der Waals surface area contributed by atoms with E-state index in [0.29, 0.717) is 17.8 Å². The van der Waals surface area contributed by atoms with Crippen molar-refractivity contribution in [3.63, 3.8) is 0 Å². The third-order valence-electron chi connectivity index (χ3n) is 3.32. The predicted octanol–water partition coefficient (Wildman–Crippen LogP) is 3.28. The topological polar surface area (TPSA) is 67.4 Å². The molecule has 0 saturated carbocycles. The van der Waals surface area contributed by atoms with Crippen molar-refractivity contribution in [1.29, 1.82) is 0 Å². The number of nitrogens with one attached hydrogen (secondary N) is 2. The minimum Gasteiger partial charge on any atom is -0.444 e. The number of anilines is 1. The standard InChI is InChI=1S/C16H13IN2O3/c17-14-7-11(6-12-13(14)8-18-15(12)20)19-16(21)22-9-10-4-2-1-3-5-10/h1-7H,8-9H2,(H,18,20)(H,19,21). The van der Waals surface area contributed by atoms with Crippen LogP contribution in [-0.2, 0) is 17.9 Å². The van der Waals surface area contributed by atoms with E-state index in [0.717, 1.165) is 14.7 Å². The maximum atomic E-state index is 11.8. The average molecular weight is 408 g/mol. The summed E-state index contributed by atoms with van der Waals surface area (Å²) in [6.45, 7) is 0.736. The van der Waals surface area contributed by atoms with E-state index in [1.54, 1.807) is 6.07 Å². The van der Waals surface area contributed by atoms with Gasteiger partial charge in [0.15, 0.2) is 0 Å². The van der Waals surface area contributed by atoms with Crippen molar-refractivity contribution in [2.24, 2.45) is 0 Å². The highest BCUT2D eigenvalue weighted by molar-refractivity contribution is 14.1. The monoisotopic (exact) mass is 408 g/mol. The largest absolute Gasteiger partial charge is 0.444 e. The fourth-order valence-electron chi connectivity index (χ4n) is 2.23. The van der Waals surface area contributed by atoms with Gasteiger partial charge >= 0.3 is 6.09 Å². The molecule has 0 bridgehead atoms. The second kappa shape index (κ2) is 6.35. The molecule has 0 spiro atoms. The van der Waals surface area contributed by atoms with Gasteiger partial charge in [0.25, 0.3) is 5.91 Å². The van der Waals surface area contributed by atoms with Gasteiger partial charge in [-0.2, -0.15) is 0 Å². The van der Waals surface area contributed by atoms with Gasteiger partial charge in [-0.1, -0.05) is 30.3 Å². The summed E-state index contributed by atoms with van der Waals surface area (Å²) in [5.74, 6) is -0.116. The molecule has 0 atom stereocenters. The fraction of sp³-hybridized carbons (Fsp3) is 0.125. The van der Waals surface area contributed by atoms with Crippen molar-refractivity contribution in [2.45, 2.75) is 13.2 Å². The number of hydrogen-bond acceptors (Lipinski definition) is 3. The van der Waals surface area contributed by atoms with Gasteiger partial charge in [0.1, 0.15) is 6.61 Å². The number of benzene rings is 2. The van der Waals surface area contributed by atoms with Gasteiger partial charge in [-0.15, -0.1) is 0 Å². The number of halogens is 1. The fourth-order valence-corrected chi connectivity index (χ4v) is 3.05. The van der Waals surface area contributed by atoms with E-state index in [4.69, 9.17) is 4.74 Å². The maximum absolute atomic E-state index is 11.8. The van der Waals surface area contributed by atoms with Crippen LogP contribution in [0, 0.1) is 3.57 Å². The van der Waals surface area contributed by atoms with Crippen LogP contribution < -0.4 is 10.6 Å². The molecule has 2 amide bonds. The predicted molar refractivity (Wildman–Crippen MR) is 90.6 cm³/mol. The Bertz CT molecular complexity index is 732. The van der Waals surface area contributed by atoms with Crippen LogP contribution in [0.2, 0.25) is 0 Å². The van der Waals surface area contributed by atoms with Gasteiger partial charge in [-0.3, -0.25) is 10.1 Å². The molecule has 0 saturated heterocycles. The molecule has 2 aromatic rings. The number of fused-ring (bicyclic) bond motifs is 1. The number of hydrogen-bond donors (Lipinski definition) is 2. The lowest BCUT2D eigenvalue weighted by molar-refractivity contribution is 0.0965. The van der Waals surface area contributed by atoms with Crippen molar-refractivity contribution < 1.29 is 14.3 Å². The smallest absolute Gasteiger partial charge is 0.411 e. The lowest BCUT2D eigenvalue weighted by Crippen LogP contribution is -2.15. The molecule has 5 nitrogen and oxygen atoms in total. The van der Waals surface area contributed by atoms with Crippen molar-refractivity contribution >= 4 is 40.3 Å². The van der Waals surface area contributed by atoms with Crippen LogP contribution in [0.4, 0.5) is 10.5 Å². The van der Waals surface area contributed by atoms with Crippen molar-refractivity contribution in [3.8, 4) is 0 Å². The zero-order chi connectivity index (χ0) is 15.5. The van der Waals surface area contributed by atoms with Crippen LogP contribution in [0.3, 0.4) is 0 Å². The Morgan fingerprint density at radius 1 is 1.27 bits per heavy atom. The third-order valence-corrected chi connectivity index (χ3v) is 4.29. The zero-order valence-electron chi connectivity index (χ0n) is 11.6. The van der Waals surface area contributed by atoms with Crippen molar-refractivity contribution in [1.82, 2.24) is 5.32 Å². The van der Waals surface area contributed by atoms with E-state index in [-0.39, 0.29) is 12.5 Å². The summed E-state index contributed by atoms with van der Waals surface area (Å²) in [6.07, 6.45) is -0.544. The SMILES string of the molecule is O=C(Nc1cc(I)c2c(c1)C(=O)NC2)OCc1ccccc1. The second-order valence-electron chi connectivity index (χ2n) is 4.85. The summed E-state index contributed by atoms with van der Waals surface area (Å²) < 4.78 is 6.10. The molecular formula is C16H13IN2O3. The molecule has 0 unspecified atom stereocenters. The molecule has 3 rings (SSSR count).